The number of carbonyl (C=O) groups is 1. The molecule has 0 aliphatic carbocycles. The van der Waals surface area contributed by atoms with Gasteiger partial charge in [-0.1, -0.05) is 12.1 Å². The van der Waals surface area contributed by atoms with E-state index in [4.69, 9.17) is 12.2 Å². The summed E-state index contributed by atoms with van der Waals surface area (Å²) in [7, 11) is 0. The number of nitrogens with one attached hydrogen (secondary N) is 2. The van der Waals surface area contributed by atoms with Crippen molar-refractivity contribution in [2.75, 3.05) is 18.1 Å². The number of hydrogen-bond donors (Lipinski definition) is 2. The largest absolute Gasteiger partial charge is 0.343 e. The fraction of sp³-hybridized carbons (Fsp3) is 0.529. The lowest BCUT2D eigenvalue weighted by molar-refractivity contribution is -0.132. The van der Waals surface area contributed by atoms with Crippen LogP contribution in [0.25, 0.3) is 0 Å². The van der Waals surface area contributed by atoms with Crippen LogP contribution in [0.1, 0.15) is 38.3 Å². The topological polar surface area (TPSA) is 47.6 Å². The molecule has 1 aromatic carbocycles. The molecule has 1 aliphatic heterocycles. The highest BCUT2D eigenvalue weighted by Crippen LogP contribution is 2.26. The minimum absolute atomic E-state index is 0.114. The van der Waals surface area contributed by atoms with Gasteiger partial charge in [-0.3, -0.25) is 4.79 Å². The van der Waals surface area contributed by atoms with Crippen LogP contribution in [0, 0.1) is 13.8 Å². The van der Waals surface area contributed by atoms with E-state index in [1.54, 1.807) is 0 Å². The number of anilines is 1. The van der Waals surface area contributed by atoms with Crippen molar-refractivity contribution in [1.82, 2.24) is 15.6 Å². The highest BCUT2D eigenvalue weighted by atomic mass is 32.1. The van der Waals surface area contributed by atoms with Gasteiger partial charge >= 0.3 is 0 Å². The average Bonchev–Trinajstić information content (AvgIpc) is 2.78. The van der Waals surface area contributed by atoms with Crippen LogP contribution in [0.5, 0.6) is 0 Å². The molecule has 5 nitrogen and oxygen atoms in total. The molecule has 2 rings (SSSR count). The third kappa shape index (κ3) is 3.64. The first-order valence-corrected chi connectivity index (χ1v) is 8.46. The first-order chi connectivity index (χ1) is 10.8. The number of hydrazine groups is 1. The van der Waals surface area contributed by atoms with E-state index in [1.807, 2.05) is 42.8 Å². The summed E-state index contributed by atoms with van der Waals surface area (Å²) in [5, 5.41) is 5.72. The summed E-state index contributed by atoms with van der Waals surface area (Å²) in [6.07, 6.45) is 0.343. The van der Waals surface area contributed by atoms with Crippen molar-refractivity contribution in [1.29, 1.82) is 0 Å². The summed E-state index contributed by atoms with van der Waals surface area (Å²) in [5.74, 6) is 0.114. The summed E-state index contributed by atoms with van der Waals surface area (Å²) in [6, 6.07) is 6.12. The lowest BCUT2D eigenvalue weighted by Gasteiger charge is -2.28. The second-order valence-electron chi connectivity index (χ2n) is 6.17. The molecule has 1 aromatic rings. The Balaban J connectivity index is 2.18. The SMILES string of the molecule is CCN(CC)C(=O)C[C@]1(C)NC(=S)N(c2cccc(C)c2C)N1. The zero-order valence-electron chi connectivity index (χ0n) is 14.6. The highest BCUT2D eigenvalue weighted by Gasteiger charge is 2.39. The van der Waals surface area contributed by atoms with E-state index in [1.165, 1.54) is 11.1 Å². The maximum absolute atomic E-state index is 12.4. The van der Waals surface area contributed by atoms with E-state index in [0.29, 0.717) is 11.5 Å². The van der Waals surface area contributed by atoms with Crippen molar-refractivity contribution in [3.05, 3.63) is 29.3 Å². The molecule has 1 heterocycles. The normalized spacial score (nSPS) is 20.6. The van der Waals surface area contributed by atoms with Gasteiger partial charge in [-0.05, 0) is 64.0 Å². The van der Waals surface area contributed by atoms with Crippen LogP contribution in [0.2, 0.25) is 0 Å². The van der Waals surface area contributed by atoms with Crippen LogP contribution in [-0.2, 0) is 4.79 Å². The van der Waals surface area contributed by atoms with Crippen LogP contribution in [0.4, 0.5) is 5.69 Å². The van der Waals surface area contributed by atoms with Crippen molar-refractivity contribution in [3.8, 4) is 0 Å². The van der Waals surface area contributed by atoms with E-state index in [-0.39, 0.29) is 5.91 Å². The molecule has 1 atom stereocenters. The zero-order chi connectivity index (χ0) is 17.2. The summed E-state index contributed by atoms with van der Waals surface area (Å²) in [4.78, 5) is 14.3. The van der Waals surface area contributed by atoms with Gasteiger partial charge in [-0.15, -0.1) is 0 Å². The smallest absolute Gasteiger partial charge is 0.226 e. The monoisotopic (exact) mass is 334 g/mol. The number of amides is 1. The first-order valence-electron chi connectivity index (χ1n) is 8.05. The van der Waals surface area contributed by atoms with E-state index in [2.05, 4.69) is 30.7 Å². The van der Waals surface area contributed by atoms with Gasteiger partial charge in [-0.2, -0.15) is 0 Å². The predicted molar refractivity (Wildman–Crippen MR) is 98.2 cm³/mol. The molecule has 0 bridgehead atoms. The quantitative estimate of drug-likeness (QED) is 0.810. The molecule has 23 heavy (non-hydrogen) atoms. The van der Waals surface area contributed by atoms with Crippen LogP contribution in [-0.4, -0.2) is 34.7 Å². The molecule has 1 fully saturated rings. The van der Waals surface area contributed by atoms with Gasteiger partial charge in [0.25, 0.3) is 0 Å². The number of hydrogen-bond acceptors (Lipinski definition) is 3. The Morgan fingerprint density at radius 1 is 1.30 bits per heavy atom. The number of thiocarbonyl (C=S) groups is 1. The maximum Gasteiger partial charge on any atom is 0.226 e. The van der Waals surface area contributed by atoms with Gasteiger partial charge in [-0.25, -0.2) is 10.4 Å². The molecule has 1 aliphatic rings. The fourth-order valence-corrected chi connectivity index (χ4v) is 3.21. The Bertz CT molecular complexity index is 615. The number of nitrogens with zero attached hydrogens (tertiary/aromatic N) is 2. The molecule has 0 radical (unpaired) electrons. The molecule has 1 saturated heterocycles. The van der Waals surface area contributed by atoms with Gasteiger partial charge in [0, 0.05) is 13.1 Å². The highest BCUT2D eigenvalue weighted by molar-refractivity contribution is 7.80. The zero-order valence-corrected chi connectivity index (χ0v) is 15.4. The third-order valence-electron chi connectivity index (χ3n) is 4.38. The molecular formula is C17H26N4OS. The van der Waals surface area contributed by atoms with Crippen LogP contribution in [0.3, 0.4) is 0 Å². The first kappa shape index (κ1) is 17.7. The van der Waals surface area contributed by atoms with E-state index >= 15 is 0 Å². The van der Waals surface area contributed by atoms with Crippen molar-refractivity contribution in [3.63, 3.8) is 0 Å². The number of benzene rings is 1. The van der Waals surface area contributed by atoms with E-state index < -0.39 is 5.66 Å². The summed E-state index contributed by atoms with van der Waals surface area (Å²) in [5.41, 5.74) is 6.19. The second kappa shape index (κ2) is 6.84. The average molecular weight is 334 g/mol. The lowest BCUT2D eigenvalue weighted by Crippen LogP contribution is -2.52. The third-order valence-corrected chi connectivity index (χ3v) is 4.67. The molecule has 0 spiro atoms. The minimum atomic E-state index is -0.576. The Kier molecular flexibility index (Phi) is 5.26. The standard InChI is InChI=1S/C17H26N4OS/c1-6-20(7-2)15(22)11-17(5)18-16(23)21(19-17)14-10-8-9-12(3)13(14)4/h8-10,19H,6-7,11H2,1-5H3,(H,18,23)/t17-/m1/s1. The maximum atomic E-state index is 12.4. The van der Waals surface area contributed by atoms with Crippen LogP contribution in [0.15, 0.2) is 18.2 Å². The Morgan fingerprint density at radius 2 is 1.96 bits per heavy atom. The van der Waals surface area contributed by atoms with Crippen molar-refractivity contribution in [2.24, 2.45) is 0 Å². The molecule has 0 unspecified atom stereocenters. The Labute approximate surface area is 144 Å². The molecule has 6 heteroatoms. The Hall–Kier alpha value is -1.66. The number of carbonyl (C=O) groups excluding carboxylic acids is 1. The summed E-state index contributed by atoms with van der Waals surface area (Å²) in [6.45, 7) is 11.5. The molecule has 126 valence electrons. The molecule has 0 aromatic heterocycles. The van der Waals surface area contributed by atoms with Crippen LogP contribution >= 0.6 is 12.2 Å². The second-order valence-corrected chi connectivity index (χ2v) is 6.56. The van der Waals surface area contributed by atoms with Crippen LogP contribution < -0.4 is 15.8 Å². The Morgan fingerprint density at radius 3 is 2.57 bits per heavy atom. The van der Waals surface area contributed by atoms with Gasteiger partial charge < -0.3 is 10.2 Å². The molecule has 2 N–H and O–H groups in total. The van der Waals surface area contributed by atoms with Gasteiger partial charge in [0.2, 0.25) is 5.91 Å². The van der Waals surface area contributed by atoms with E-state index in [9.17, 15) is 4.79 Å². The predicted octanol–water partition coefficient (Wildman–Crippen LogP) is 2.48. The fourth-order valence-electron chi connectivity index (χ4n) is 2.84. The van der Waals surface area contributed by atoms with E-state index in [0.717, 1.165) is 18.8 Å². The number of aryl methyl sites for hydroxylation is 1. The van der Waals surface area contributed by atoms with Crippen molar-refractivity contribution < 1.29 is 4.79 Å². The number of rotatable bonds is 5. The van der Waals surface area contributed by atoms with Gasteiger partial charge in [0.15, 0.2) is 5.11 Å². The summed E-state index contributed by atoms with van der Waals surface area (Å²) >= 11 is 5.48. The lowest BCUT2D eigenvalue weighted by atomic mass is 10.1. The van der Waals surface area contributed by atoms with Crippen molar-refractivity contribution in [2.45, 2.75) is 46.7 Å². The molecule has 0 saturated carbocycles. The van der Waals surface area contributed by atoms with Gasteiger partial charge in [0.1, 0.15) is 5.66 Å². The summed E-state index contributed by atoms with van der Waals surface area (Å²) < 4.78 is 0. The van der Waals surface area contributed by atoms with Gasteiger partial charge in [0.05, 0.1) is 12.1 Å². The minimum Gasteiger partial charge on any atom is -0.343 e. The molecule has 1 amide bonds. The molecular weight excluding hydrogens is 308 g/mol. The van der Waals surface area contributed by atoms with Crippen molar-refractivity contribution >= 4 is 28.9 Å².